The maximum absolute atomic E-state index is 10.6. The third-order valence-electron chi connectivity index (χ3n) is 1.35. The van der Waals surface area contributed by atoms with Gasteiger partial charge in [0.1, 0.15) is 0 Å². The number of aldehydes is 1. The molecule has 3 heteroatoms. The molecular weight excluding hydrogens is 166 g/mol. The molecule has 0 heterocycles. The van der Waals surface area contributed by atoms with E-state index in [1.165, 1.54) is 6.07 Å². The Hall–Kier alpha value is -1.90. The van der Waals surface area contributed by atoms with Gasteiger partial charge in [0.2, 0.25) is 5.91 Å². The number of carbonyl (C=O) groups is 2. The van der Waals surface area contributed by atoms with Crippen molar-refractivity contribution in [1.29, 1.82) is 0 Å². The van der Waals surface area contributed by atoms with E-state index in [1.54, 1.807) is 18.2 Å². The van der Waals surface area contributed by atoms with Gasteiger partial charge in [0.25, 0.3) is 0 Å². The lowest BCUT2D eigenvalue weighted by atomic mass is 10.1. The molecule has 0 spiro atoms. The zero-order chi connectivity index (χ0) is 10.3. The van der Waals surface area contributed by atoms with Crippen LogP contribution in [0.4, 0.5) is 0 Å². The van der Waals surface area contributed by atoms with E-state index in [1.807, 2.05) is 0 Å². The number of nitrogens with two attached hydrogens (primary N) is 1. The van der Waals surface area contributed by atoms with E-state index >= 15 is 0 Å². The van der Waals surface area contributed by atoms with Crippen LogP contribution in [-0.4, -0.2) is 12.2 Å². The highest BCUT2D eigenvalue weighted by molar-refractivity contribution is 6.00. The average Bonchev–Trinajstić information content (AvgIpc) is 2.20. The van der Waals surface area contributed by atoms with Crippen LogP contribution in [0.2, 0.25) is 0 Å². The standard InChI is InChI=1S/C8H7NO2.C2H4/c9-8(11)7-4-2-1-3-6(7)5-10;1-2/h1-5H,(H2,9,11);1-2H2. The van der Waals surface area contributed by atoms with Crippen LogP contribution in [0.3, 0.4) is 0 Å². The normalized spacial score (nSPS) is 8.00. The number of hydrogen-bond donors (Lipinski definition) is 1. The van der Waals surface area contributed by atoms with Crippen molar-refractivity contribution in [1.82, 2.24) is 0 Å². The van der Waals surface area contributed by atoms with Gasteiger partial charge < -0.3 is 5.73 Å². The fraction of sp³-hybridized carbons (Fsp3) is 0. The molecule has 13 heavy (non-hydrogen) atoms. The Labute approximate surface area is 76.9 Å². The van der Waals surface area contributed by atoms with Crippen LogP contribution in [0.25, 0.3) is 0 Å². The molecule has 0 unspecified atom stereocenters. The summed E-state index contributed by atoms with van der Waals surface area (Å²) in [4.78, 5) is 21.0. The molecule has 0 aliphatic carbocycles. The van der Waals surface area contributed by atoms with Gasteiger partial charge in [-0.1, -0.05) is 18.2 Å². The molecule has 0 bridgehead atoms. The molecule has 0 fully saturated rings. The predicted octanol–water partition coefficient (Wildman–Crippen LogP) is 1.40. The lowest BCUT2D eigenvalue weighted by molar-refractivity contribution is 0.0993. The Morgan fingerprint density at radius 1 is 1.31 bits per heavy atom. The van der Waals surface area contributed by atoms with Crippen molar-refractivity contribution in [2.45, 2.75) is 0 Å². The smallest absolute Gasteiger partial charge is 0.249 e. The summed E-state index contributed by atoms with van der Waals surface area (Å²) in [5, 5.41) is 0. The van der Waals surface area contributed by atoms with Gasteiger partial charge in [-0.15, -0.1) is 13.2 Å². The highest BCUT2D eigenvalue weighted by atomic mass is 16.1. The second kappa shape index (κ2) is 5.71. The Morgan fingerprint density at radius 2 is 1.85 bits per heavy atom. The molecule has 0 aliphatic heterocycles. The van der Waals surface area contributed by atoms with E-state index < -0.39 is 5.91 Å². The topological polar surface area (TPSA) is 60.2 Å². The summed E-state index contributed by atoms with van der Waals surface area (Å²) in [6.07, 6.45) is 0.611. The highest BCUT2D eigenvalue weighted by Gasteiger charge is 2.04. The zero-order valence-electron chi connectivity index (χ0n) is 7.19. The Bertz CT molecular complexity index is 308. The van der Waals surface area contributed by atoms with Crippen molar-refractivity contribution >= 4 is 12.2 Å². The van der Waals surface area contributed by atoms with E-state index in [9.17, 15) is 9.59 Å². The van der Waals surface area contributed by atoms with Crippen LogP contribution < -0.4 is 5.73 Å². The van der Waals surface area contributed by atoms with Gasteiger partial charge in [-0.25, -0.2) is 0 Å². The van der Waals surface area contributed by atoms with Crippen molar-refractivity contribution in [2.75, 3.05) is 0 Å². The molecule has 1 rings (SSSR count). The second-order valence-corrected chi connectivity index (χ2v) is 2.07. The molecule has 2 N–H and O–H groups in total. The maximum atomic E-state index is 10.6. The molecule has 0 radical (unpaired) electrons. The number of benzene rings is 1. The predicted molar refractivity (Wildman–Crippen MR) is 51.6 cm³/mol. The fourth-order valence-corrected chi connectivity index (χ4v) is 0.824. The fourth-order valence-electron chi connectivity index (χ4n) is 0.824. The third kappa shape index (κ3) is 2.91. The number of primary amides is 1. The lowest BCUT2D eigenvalue weighted by Crippen LogP contribution is -2.13. The van der Waals surface area contributed by atoms with Crippen LogP contribution in [0.1, 0.15) is 20.7 Å². The van der Waals surface area contributed by atoms with Crippen LogP contribution in [0.15, 0.2) is 37.4 Å². The Morgan fingerprint density at radius 3 is 2.23 bits per heavy atom. The largest absolute Gasteiger partial charge is 0.366 e. The van der Waals surface area contributed by atoms with Gasteiger partial charge in [0, 0.05) is 11.1 Å². The molecular formula is C10H11NO2. The summed E-state index contributed by atoms with van der Waals surface area (Å²) in [6.45, 7) is 6.00. The van der Waals surface area contributed by atoms with Crippen LogP contribution in [0.5, 0.6) is 0 Å². The summed E-state index contributed by atoms with van der Waals surface area (Å²) < 4.78 is 0. The molecule has 3 nitrogen and oxygen atoms in total. The van der Waals surface area contributed by atoms with Crippen molar-refractivity contribution in [3.05, 3.63) is 48.6 Å². The molecule has 1 aromatic carbocycles. The molecule has 1 amide bonds. The Kier molecular flexibility index (Phi) is 4.88. The first-order chi connectivity index (χ1) is 6.25. The van der Waals surface area contributed by atoms with Crippen molar-refractivity contribution in [3.63, 3.8) is 0 Å². The van der Waals surface area contributed by atoms with Gasteiger partial charge in [-0.05, 0) is 6.07 Å². The number of amides is 1. The first kappa shape index (κ1) is 11.1. The molecule has 1 aromatic rings. The van der Waals surface area contributed by atoms with Crippen molar-refractivity contribution < 1.29 is 9.59 Å². The quantitative estimate of drug-likeness (QED) is 0.548. The summed E-state index contributed by atoms with van der Waals surface area (Å²) in [6, 6.07) is 6.41. The molecule has 68 valence electrons. The van der Waals surface area contributed by atoms with Gasteiger partial charge in [0.05, 0.1) is 0 Å². The molecule has 0 saturated carbocycles. The highest BCUT2D eigenvalue weighted by Crippen LogP contribution is 2.03. The van der Waals surface area contributed by atoms with Gasteiger partial charge in [-0.3, -0.25) is 9.59 Å². The number of hydrogen-bond acceptors (Lipinski definition) is 2. The number of carbonyl (C=O) groups excluding carboxylic acids is 2. The van der Waals surface area contributed by atoms with Crippen molar-refractivity contribution in [3.8, 4) is 0 Å². The zero-order valence-corrected chi connectivity index (χ0v) is 7.19. The van der Waals surface area contributed by atoms with Gasteiger partial charge in [-0.2, -0.15) is 0 Å². The number of rotatable bonds is 2. The molecule has 0 atom stereocenters. The first-order valence-corrected chi connectivity index (χ1v) is 3.59. The van der Waals surface area contributed by atoms with Gasteiger partial charge >= 0.3 is 0 Å². The Balaban J connectivity index is 0.000000671. The van der Waals surface area contributed by atoms with E-state index in [2.05, 4.69) is 13.2 Å². The summed E-state index contributed by atoms with van der Waals surface area (Å²) >= 11 is 0. The summed E-state index contributed by atoms with van der Waals surface area (Å²) in [7, 11) is 0. The monoisotopic (exact) mass is 177 g/mol. The van der Waals surface area contributed by atoms with Crippen LogP contribution in [0, 0.1) is 0 Å². The van der Waals surface area contributed by atoms with E-state index in [4.69, 9.17) is 5.73 Å². The molecule has 0 aromatic heterocycles. The van der Waals surface area contributed by atoms with Crippen molar-refractivity contribution in [2.24, 2.45) is 5.73 Å². The maximum Gasteiger partial charge on any atom is 0.249 e. The summed E-state index contributed by atoms with van der Waals surface area (Å²) in [5.74, 6) is -0.576. The second-order valence-electron chi connectivity index (χ2n) is 2.07. The van der Waals surface area contributed by atoms with E-state index in [0.717, 1.165) is 0 Å². The van der Waals surface area contributed by atoms with E-state index in [0.29, 0.717) is 11.8 Å². The minimum atomic E-state index is -0.576. The SMILES string of the molecule is C=C.NC(=O)c1ccccc1C=O. The lowest BCUT2D eigenvalue weighted by Gasteiger charge is -1.96. The first-order valence-electron chi connectivity index (χ1n) is 3.59. The van der Waals surface area contributed by atoms with Gasteiger partial charge in [0.15, 0.2) is 6.29 Å². The average molecular weight is 177 g/mol. The van der Waals surface area contributed by atoms with E-state index in [-0.39, 0.29) is 5.56 Å². The molecule has 0 saturated heterocycles. The van der Waals surface area contributed by atoms with Crippen LogP contribution >= 0.6 is 0 Å². The minimum Gasteiger partial charge on any atom is -0.366 e. The minimum absolute atomic E-state index is 0.266. The third-order valence-corrected chi connectivity index (χ3v) is 1.35. The molecule has 0 aliphatic rings. The van der Waals surface area contributed by atoms with Crippen LogP contribution in [-0.2, 0) is 0 Å². The summed E-state index contributed by atoms with van der Waals surface area (Å²) in [5.41, 5.74) is 5.59.